The molecule has 1 aromatic heterocycles. The fraction of sp³-hybridized carbons (Fsp3) is 0.0556. The number of nitrogens with zero attached hydrogens (tertiary/aromatic N) is 2. The predicted molar refractivity (Wildman–Crippen MR) is 103 cm³/mol. The average Bonchev–Trinajstić information content (AvgIpc) is 2.64. The van der Waals surface area contributed by atoms with E-state index in [4.69, 9.17) is 27.9 Å². The van der Waals surface area contributed by atoms with Crippen LogP contribution in [-0.2, 0) is 0 Å². The smallest absolute Gasteiger partial charge is 0.275 e. The Kier molecular flexibility index (Phi) is 5.55. The van der Waals surface area contributed by atoms with Gasteiger partial charge in [-0.2, -0.15) is 0 Å². The zero-order valence-corrected chi connectivity index (χ0v) is 15.2. The molecule has 0 radical (unpaired) electrons. The number of hydrogen-bond donors (Lipinski definition) is 2. The van der Waals surface area contributed by atoms with Gasteiger partial charge >= 0.3 is 0 Å². The molecule has 0 fully saturated rings. The molecule has 1 heterocycles. The number of carbonyl (C=O) groups is 1. The molecule has 8 heteroatoms. The Bertz CT molecular complexity index is 933. The molecule has 0 aliphatic carbocycles. The van der Waals surface area contributed by atoms with Crippen molar-refractivity contribution in [2.45, 2.75) is 0 Å². The van der Waals surface area contributed by atoms with Gasteiger partial charge in [0.2, 0.25) is 0 Å². The Morgan fingerprint density at radius 2 is 1.85 bits per heavy atom. The molecule has 2 aromatic carbocycles. The molecule has 3 rings (SSSR count). The third-order valence-electron chi connectivity index (χ3n) is 3.43. The standard InChI is InChI=1S/C18H14Cl2N4O2/c1-26-16-7-6-11(19)8-14(16)23-17-10-21-15(9-22-17)18(25)24-13-5-3-2-4-12(13)20/h2-10H,1H3,(H,22,23)(H,24,25). The van der Waals surface area contributed by atoms with Crippen molar-refractivity contribution >= 4 is 46.3 Å². The highest BCUT2D eigenvalue weighted by atomic mass is 35.5. The van der Waals surface area contributed by atoms with Crippen molar-refractivity contribution in [3.8, 4) is 5.75 Å². The number of halogens is 2. The molecule has 0 aliphatic rings. The van der Waals surface area contributed by atoms with Crippen LogP contribution in [0.1, 0.15) is 10.5 Å². The summed E-state index contributed by atoms with van der Waals surface area (Å²) in [4.78, 5) is 20.6. The minimum Gasteiger partial charge on any atom is -0.495 e. The van der Waals surface area contributed by atoms with Gasteiger partial charge in [-0.15, -0.1) is 0 Å². The molecule has 0 unspecified atom stereocenters. The largest absolute Gasteiger partial charge is 0.495 e. The number of hydrogen-bond acceptors (Lipinski definition) is 5. The molecule has 132 valence electrons. The summed E-state index contributed by atoms with van der Waals surface area (Å²) in [5, 5.41) is 6.74. The van der Waals surface area contributed by atoms with Crippen LogP contribution < -0.4 is 15.4 Å². The van der Waals surface area contributed by atoms with Crippen LogP contribution in [0.5, 0.6) is 5.75 Å². The molecule has 0 saturated heterocycles. The van der Waals surface area contributed by atoms with Crippen LogP contribution in [0.15, 0.2) is 54.9 Å². The molecule has 1 amide bonds. The van der Waals surface area contributed by atoms with E-state index in [-0.39, 0.29) is 5.69 Å². The molecular weight excluding hydrogens is 375 g/mol. The van der Waals surface area contributed by atoms with Crippen molar-refractivity contribution in [2.24, 2.45) is 0 Å². The maximum Gasteiger partial charge on any atom is 0.275 e. The van der Waals surface area contributed by atoms with Gasteiger partial charge in [-0.3, -0.25) is 4.79 Å². The highest BCUT2D eigenvalue weighted by Crippen LogP contribution is 2.29. The Morgan fingerprint density at radius 3 is 2.54 bits per heavy atom. The van der Waals surface area contributed by atoms with Crippen molar-refractivity contribution in [3.63, 3.8) is 0 Å². The van der Waals surface area contributed by atoms with Crippen LogP contribution in [0.3, 0.4) is 0 Å². The van der Waals surface area contributed by atoms with Gasteiger partial charge in [0.05, 0.1) is 35.9 Å². The van der Waals surface area contributed by atoms with E-state index in [1.165, 1.54) is 12.4 Å². The number of ether oxygens (including phenoxy) is 1. The Balaban J connectivity index is 1.73. The summed E-state index contributed by atoms with van der Waals surface area (Å²) in [7, 11) is 1.56. The number of benzene rings is 2. The van der Waals surface area contributed by atoms with E-state index in [1.807, 2.05) is 0 Å². The number of para-hydroxylation sites is 1. The maximum atomic E-state index is 12.3. The molecule has 0 spiro atoms. The van der Waals surface area contributed by atoms with Gasteiger partial charge in [0.15, 0.2) is 0 Å². The molecule has 6 nitrogen and oxygen atoms in total. The number of nitrogens with one attached hydrogen (secondary N) is 2. The minimum absolute atomic E-state index is 0.161. The second-order valence-corrected chi connectivity index (χ2v) is 6.03. The van der Waals surface area contributed by atoms with Crippen molar-refractivity contribution in [2.75, 3.05) is 17.7 Å². The van der Waals surface area contributed by atoms with Crippen molar-refractivity contribution in [3.05, 3.63) is 70.6 Å². The van der Waals surface area contributed by atoms with Gasteiger partial charge in [-0.1, -0.05) is 35.3 Å². The molecule has 3 aromatic rings. The molecule has 0 aliphatic heterocycles. The van der Waals surface area contributed by atoms with Crippen LogP contribution >= 0.6 is 23.2 Å². The van der Waals surface area contributed by atoms with E-state index >= 15 is 0 Å². The number of carbonyl (C=O) groups excluding carboxylic acids is 1. The van der Waals surface area contributed by atoms with Crippen LogP contribution in [0, 0.1) is 0 Å². The summed E-state index contributed by atoms with van der Waals surface area (Å²) in [5.74, 6) is 0.647. The lowest BCUT2D eigenvalue weighted by molar-refractivity contribution is 0.102. The lowest BCUT2D eigenvalue weighted by atomic mass is 10.3. The number of rotatable bonds is 5. The second-order valence-electron chi connectivity index (χ2n) is 5.19. The highest BCUT2D eigenvalue weighted by Gasteiger charge is 2.11. The lowest BCUT2D eigenvalue weighted by Crippen LogP contribution is -2.14. The Labute approximate surface area is 160 Å². The fourth-order valence-corrected chi connectivity index (χ4v) is 2.53. The van der Waals surface area contributed by atoms with Crippen molar-refractivity contribution in [1.29, 1.82) is 0 Å². The first-order valence-electron chi connectivity index (χ1n) is 7.55. The van der Waals surface area contributed by atoms with Gasteiger partial charge in [-0.25, -0.2) is 9.97 Å². The Hall–Kier alpha value is -2.83. The van der Waals surface area contributed by atoms with Gasteiger partial charge in [0, 0.05) is 5.02 Å². The summed E-state index contributed by atoms with van der Waals surface area (Å²) in [5.41, 5.74) is 1.31. The fourth-order valence-electron chi connectivity index (χ4n) is 2.17. The SMILES string of the molecule is COc1ccc(Cl)cc1Nc1cnc(C(=O)Nc2ccccc2Cl)cn1. The van der Waals surface area contributed by atoms with E-state index in [2.05, 4.69) is 20.6 Å². The summed E-state index contributed by atoms with van der Waals surface area (Å²) in [6.07, 6.45) is 2.81. The quantitative estimate of drug-likeness (QED) is 0.656. The topological polar surface area (TPSA) is 76.1 Å². The van der Waals surface area contributed by atoms with Gasteiger partial charge < -0.3 is 15.4 Å². The summed E-state index contributed by atoms with van der Waals surface area (Å²) in [6.45, 7) is 0. The van der Waals surface area contributed by atoms with Crippen LogP contribution in [-0.4, -0.2) is 23.0 Å². The van der Waals surface area contributed by atoms with Crippen molar-refractivity contribution in [1.82, 2.24) is 9.97 Å². The first-order valence-corrected chi connectivity index (χ1v) is 8.31. The van der Waals surface area contributed by atoms with Gasteiger partial charge in [-0.05, 0) is 30.3 Å². The van der Waals surface area contributed by atoms with Crippen molar-refractivity contribution < 1.29 is 9.53 Å². The van der Waals surface area contributed by atoms with E-state index in [0.29, 0.717) is 33.0 Å². The van der Waals surface area contributed by atoms with E-state index < -0.39 is 5.91 Å². The van der Waals surface area contributed by atoms with E-state index in [9.17, 15) is 4.79 Å². The normalized spacial score (nSPS) is 10.3. The summed E-state index contributed by atoms with van der Waals surface area (Å²) in [6, 6.07) is 12.1. The summed E-state index contributed by atoms with van der Waals surface area (Å²) < 4.78 is 5.27. The number of amides is 1. The average molecular weight is 389 g/mol. The first kappa shape index (κ1) is 18.0. The van der Waals surface area contributed by atoms with Crippen LogP contribution in [0.4, 0.5) is 17.2 Å². The molecule has 26 heavy (non-hydrogen) atoms. The third kappa shape index (κ3) is 4.22. The zero-order valence-electron chi connectivity index (χ0n) is 13.7. The third-order valence-corrected chi connectivity index (χ3v) is 4.00. The highest BCUT2D eigenvalue weighted by molar-refractivity contribution is 6.33. The van der Waals surface area contributed by atoms with Crippen LogP contribution in [0.2, 0.25) is 10.0 Å². The monoisotopic (exact) mass is 388 g/mol. The maximum absolute atomic E-state index is 12.3. The lowest BCUT2D eigenvalue weighted by Gasteiger charge is -2.11. The zero-order chi connectivity index (χ0) is 18.5. The molecule has 0 saturated carbocycles. The second kappa shape index (κ2) is 8.03. The van der Waals surface area contributed by atoms with Gasteiger partial charge in [0.1, 0.15) is 17.3 Å². The summed E-state index contributed by atoms with van der Waals surface area (Å²) >= 11 is 12.0. The number of methoxy groups -OCH3 is 1. The predicted octanol–water partition coefficient (Wildman–Crippen LogP) is 4.79. The van der Waals surface area contributed by atoms with Crippen LogP contribution in [0.25, 0.3) is 0 Å². The molecular formula is C18H14Cl2N4O2. The molecule has 0 bridgehead atoms. The van der Waals surface area contributed by atoms with E-state index in [0.717, 1.165) is 0 Å². The number of anilines is 3. The molecule has 2 N–H and O–H groups in total. The molecule has 0 atom stereocenters. The number of aromatic nitrogens is 2. The van der Waals surface area contributed by atoms with E-state index in [1.54, 1.807) is 49.6 Å². The Morgan fingerprint density at radius 1 is 1.04 bits per heavy atom. The minimum atomic E-state index is -0.405. The van der Waals surface area contributed by atoms with Gasteiger partial charge in [0.25, 0.3) is 5.91 Å². The first-order chi connectivity index (χ1) is 12.6.